The van der Waals surface area contributed by atoms with Gasteiger partial charge in [-0.1, -0.05) is 0 Å². The number of halogens is 1. The maximum atomic E-state index is 14.4. The largest absolute Gasteiger partial charge is 0.398 e. The number of ether oxygens (including phenoxy) is 1. The third-order valence-corrected chi connectivity index (χ3v) is 3.66. The van der Waals surface area contributed by atoms with E-state index in [4.69, 9.17) is 10.5 Å². The van der Waals surface area contributed by atoms with Crippen LogP contribution in [-0.2, 0) is 4.74 Å². The van der Waals surface area contributed by atoms with Gasteiger partial charge in [-0.15, -0.1) is 0 Å². The number of benzene rings is 1. The van der Waals surface area contributed by atoms with Crippen molar-refractivity contribution >= 4 is 22.3 Å². The van der Waals surface area contributed by atoms with Crippen LogP contribution in [0.15, 0.2) is 24.4 Å². The van der Waals surface area contributed by atoms with Gasteiger partial charge < -0.3 is 15.4 Å². The van der Waals surface area contributed by atoms with Crippen molar-refractivity contribution in [1.29, 1.82) is 0 Å². The lowest BCUT2D eigenvalue weighted by Crippen LogP contribution is -2.30. The maximum absolute atomic E-state index is 14.4. The highest BCUT2D eigenvalue weighted by Gasteiger charge is 2.32. The van der Waals surface area contributed by atoms with Gasteiger partial charge in [0.1, 0.15) is 5.69 Å². The van der Waals surface area contributed by atoms with Crippen molar-refractivity contribution in [3.8, 4) is 0 Å². The lowest BCUT2D eigenvalue weighted by molar-refractivity contribution is 0.205. The summed E-state index contributed by atoms with van der Waals surface area (Å²) in [7, 11) is 1.65. The Morgan fingerprint density at radius 1 is 1.50 bits per heavy atom. The summed E-state index contributed by atoms with van der Waals surface area (Å²) in [6.07, 6.45) is 3.84. The number of fused-ring (bicyclic) bond motifs is 1. The number of rotatable bonds is 5. The van der Waals surface area contributed by atoms with Gasteiger partial charge >= 0.3 is 0 Å². The molecule has 4 nitrogen and oxygen atoms in total. The van der Waals surface area contributed by atoms with Gasteiger partial charge in [0.2, 0.25) is 0 Å². The molecule has 3 rings (SSSR count). The van der Waals surface area contributed by atoms with Crippen molar-refractivity contribution in [1.82, 2.24) is 4.98 Å². The fourth-order valence-corrected chi connectivity index (χ4v) is 2.55. The van der Waals surface area contributed by atoms with Gasteiger partial charge in [-0.2, -0.15) is 0 Å². The Labute approximate surface area is 117 Å². The maximum Gasteiger partial charge on any atom is 0.150 e. The van der Waals surface area contributed by atoms with Gasteiger partial charge in [-0.25, -0.2) is 4.39 Å². The molecule has 0 radical (unpaired) electrons. The summed E-state index contributed by atoms with van der Waals surface area (Å²) in [6.45, 7) is 1.22. The molecular weight excluding hydrogens is 257 g/mol. The minimum atomic E-state index is -0.309. The number of hydrogen-bond donors (Lipinski definition) is 1. The summed E-state index contributed by atoms with van der Waals surface area (Å²) in [6, 6.07) is 5.47. The van der Waals surface area contributed by atoms with Crippen molar-refractivity contribution in [3.05, 3.63) is 30.2 Å². The summed E-state index contributed by atoms with van der Waals surface area (Å²) < 4.78 is 19.6. The number of hydrogen-bond acceptors (Lipinski definition) is 4. The highest BCUT2D eigenvalue weighted by Crippen LogP contribution is 2.38. The van der Waals surface area contributed by atoms with Gasteiger partial charge in [-0.3, -0.25) is 4.98 Å². The predicted molar refractivity (Wildman–Crippen MR) is 78.4 cm³/mol. The van der Waals surface area contributed by atoms with Crippen LogP contribution in [-0.4, -0.2) is 31.3 Å². The van der Waals surface area contributed by atoms with Crippen molar-refractivity contribution in [2.45, 2.75) is 18.9 Å². The van der Waals surface area contributed by atoms with E-state index in [0.29, 0.717) is 36.1 Å². The molecule has 1 aromatic heterocycles. The summed E-state index contributed by atoms with van der Waals surface area (Å²) >= 11 is 0. The number of anilines is 2. The van der Waals surface area contributed by atoms with Crippen LogP contribution in [0.25, 0.3) is 10.9 Å². The Morgan fingerprint density at radius 3 is 3.00 bits per heavy atom. The summed E-state index contributed by atoms with van der Waals surface area (Å²) in [5, 5.41) is 0.798. The number of pyridine rings is 1. The second-order valence-corrected chi connectivity index (χ2v) is 5.11. The van der Waals surface area contributed by atoms with Gasteiger partial charge in [-0.05, 0) is 31.0 Å². The van der Waals surface area contributed by atoms with E-state index in [0.717, 1.165) is 18.2 Å². The topological polar surface area (TPSA) is 51.4 Å². The van der Waals surface area contributed by atoms with Crippen LogP contribution in [0.5, 0.6) is 0 Å². The number of nitrogens with zero attached hydrogens (tertiary/aromatic N) is 2. The van der Waals surface area contributed by atoms with Crippen LogP contribution in [0.1, 0.15) is 12.8 Å². The molecule has 0 amide bonds. The third-order valence-electron chi connectivity index (χ3n) is 3.66. The first-order chi connectivity index (χ1) is 9.72. The molecule has 20 heavy (non-hydrogen) atoms. The Bertz CT molecular complexity index is 628. The Kier molecular flexibility index (Phi) is 3.44. The molecule has 5 heteroatoms. The molecule has 1 fully saturated rings. The molecular formula is C15H18FN3O. The quantitative estimate of drug-likeness (QED) is 0.852. The molecule has 2 aromatic rings. The van der Waals surface area contributed by atoms with Crippen LogP contribution in [0.2, 0.25) is 0 Å². The SMILES string of the molecule is COCCN(c1c(F)cc(N)c2cccnc12)C1CC1. The number of nitrogens with two attached hydrogens (primary N) is 1. The zero-order valence-corrected chi connectivity index (χ0v) is 11.5. The lowest BCUT2D eigenvalue weighted by atomic mass is 10.1. The third kappa shape index (κ3) is 2.29. The van der Waals surface area contributed by atoms with E-state index in [1.807, 2.05) is 12.1 Å². The molecule has 106 valence electrons. The molecule has 0 saturated heterocycles. The molecule has 1 aliphatic carbocycles. The van der Waals surface area contributed by atoms with Gasteiger partial charge in [0.15, 0.2) is 5.82 Å². The normalized spacial score (nSPS) is 14.7. The van der Waals surface area contributed by atoms with E-state index < -0.39 is 0 Å². The van der Waals surface area contributed by atoms with E-state index in [1.54, 1.807) is 13.3 Å². The van der Waals surface area contributed by atoms with E-state index in [9.17, 15) is 4.39 Å². The molecule has 1 saturated carbocycles. The van der Waals surface area contributed by atoms with E-state index in [-0.39, 0.29) is 5.82 Å². The monoisotopic (exact) mass is 275 g/mol. The first-order valence-corrected chi connectivity index (χ1v) is 6.80. The van der Waals surface area contributed by atoms with Crippen LogP contribution in [0, 0.1) is 5.82 Å². The van der Waals surface area contributed by atoms with Crippen LogP contribution >= 0.6 is 0 Å². The fraction of sp³-hybridized carbons (Fsp3) is 0.400. The summed E-state index contributed by atoms with van der Waals surface area (Å²) in [4.78, 5) is 6.40. The molecule has 0 bridgehead atoms. The average molecular weight is 275 g/mol. The van der Waals surface area contributed by atoms with Crippen LogP contribution < -0.4 is 10.6 Å². The van der Waals surface area contributed by atoms with Crippen LogP contribution in [0.4, 0.5) is 15.8 Å². The zero-order chi connectivity index (χ0) is 14.1. The van der Waals surface area contributed by atoms with Crippen molar-refractivity contribution in [2.24, 2.45) is 0 Å². The second kappa shape index (κ2) is 5.25. The van der Waals surface area contributed by atoms with Crippen molar-refractivity contribution in [2.75, 3.05) is 30.9 Å². The molecule has 1 heterocycles. The number of nitrogen functional groups attached to an aromatic ring is 1. The van der Waals surface area contributed by atoms with E-state index in [2.05, 4.69) is 9.88 Å². The minimum absolute atomic E-state index is 0.309. The molecule has 0 aliphatic heterocycles. The minimum Gasteiger partial charge on any atom is -0.398 e. The number of methoxy groups -OCH3 is 1. The molecule has 1 aliphatic rings. The lowest BCUT2D eigenvalue weighted by Gasteiger charge is -2.26. The first kappa shape index (κ1) is 13.1. The molecule has 0 unspecified atom stereocenters. The highest BCUT2D eigenvalue weighted by molar-refractivity contribution is 5.99. The standard InChI is InChI=1S/C15H18FN3O/c1-20-8-7-19(10-4-5-10)15-12(16)9-13(17)11-3-2-6-18-14(11)15/h2-3,6,9-10H,4-5,7-8,17H2,1H3. The summed E-state index contributed by atoms with van der Waals surface area (Å²) in [5.74, 6) is -0.309. The predicted octanol–water partition coefficient (Wildman–Crippen LogP) is 2.57. The van der Waals surface area contributed by atoms with Crippen LogP contribution in [0.3, 0.4) is 0 Å². The highest BCUT2D eigenvalue weighted by atomic mass is 19.1. The zero-order valence-electron chi connectivity index (χ0n) is 11.5. The van der Waals surface area contributed by atoms with Gasteiger partial charge in [0.25, 0.3) is 0 Å². The Balaban J connectivity index is 2.13. The number of aromatic nitrogens is 1. The fourth-order valence-electron chi connectivity index (χ4n) is 2.55. The smallest absolute Gasteiger partial charge is 0.150 e. The van der Waals surface area contributed by atoms with E-state index in [1.165, 1.54) is 6.07 Å². The molecule has 1 aromatic carbocycles. The van der Waals surface area contributed by atoms with Gasteiger partial charge in [0, 0.05) is 37.0 Å². The molecule has 0 atom stereocenters. The van der Waals surface area contributed by atoms with Crippen molar-refractivity contribution < 1.29 is 9.13 Å². The van der Waals surface area contributed by atoms with Gasteiger partial charge in [0.05, 0.1) is 12.1 Å². The Hall–Kier alpha value is -1.88. The summed E-state index contributed by atoms with van der Waals surface area (Å²) in [5.41, 5.74) is 7.51. The Morgan fingerprint density at radius 2 is 2.30 bits per heavy atom. The first-order valence-electron chi connectivity index (χ1n) is 6.80. The van der Waals surface area contributed by atoms with Crippen molar-refractivity contribution in [3.63, 3.8) is 0 Å². The average Bonchev–Trinajstić information content (AvgIpc) is 3.27. The molecule has 2 N–H and O–H groups in total. The van der Waals surface area contributed by atoms with E-state index >= 15 is 0 Å². The molecule has 0 spiro atoms. The second-order valence-electron chi connectivity index (χ2n) is 5.11.